The molecule has 1 rings (SSSR count). The highest BCUT2D eigenvalue weighted by molar-refractivity contribution is 5.21. The molecule has 1 nitrogen and oxygen atoms in total. The van der Waals surface area contributed by atoms with Crippen LogP contribution in [0.4, 0.5) is 13.2 Å². The van der Waals surface area contributed by atoms with E-state index in [1.807, 2.05) is 0 Å². The van der Waals surface area contributed by atoms with E-state index in [0.29, 0.717) is 0 Å². The zero-order chi connectivity index (χ0) is 9.41. The van der Waals surface area contributed by atoms with E-state index in [1.165, 1.54) is 12.2 Å². The Morgan fingerprint density at radius 2 is 1.92 bits per heavy atom. The van der Waals surface area contributed by atoms with E-state index in [9.17, 15) is 13.2 Å². The summed E-state index contributed by atoms with van der Waals surface area (Å²) in [6.07, 6.45) is -1.10. The van der Waals surface area contributed by atoms with Gasteiger partial charge in [0.25, 0.3) is 0 Å². The number of halogens is 3. The molecular formula is C8H9F3O. The zero-order valence-corrected chi connectivity index (χ0v) is 6.47. The minimum Gasteiger partial charge on any atom is -0.388 e. The second-order valence-electron chi connectivity index (χ2n) is 2.97. The summed E-state index contributed by atoms with van der Waals surface area (Å²) in [7, 11) is 0. The van der Waals surface area contributed by atoms with Crippen molar-refractivity contribution >= 4 is 0 Å². The van der Waals surface area contributed by atoms with Gasteiger partial charge in [-0.25, -0.2) is 0 Å². The van der Waals surface area contributed by atoms with Crippen LogP contribution in [-0.4, -0.2) is 17.4 Å². The maximum absolute atomic E-state index is 12.3. The molecule has 68 valence electrons. The quantitative estimate of drug-likeness (QED) is 0.601. The Labute approximate surface area is 68.2 Å². The fourth-order valence-electron chi connectivity index (χ4n) is 0.986. The summed E-state index contributed by atoms with van der Waals surface area (Å²) in [4.78, 5) is 0. The van der Waals surface area contributed by atoms with Crippen LogP contribution in [0, 0.1) is 5.41 Å². The van der Waals surface area contributed by atoms with E-state index in [1.54, 1.807) is 0 Å². The van der Waals surface area contributed by atoms with Crippen LogP contribution in [0.3, 0.4) is 0 Å². The predicted octanol–water partition coefficient (Wildman–Crippen LogP) is 2.04. The summed E-state index contributed by atoms with van der Waals surface area (Å²) >= 11 is 0. The predicted molar refractivity (Wildman–Crippen MR) is 38.4 cm³/mol. The van der Waals surface area contributed by atoms with Crippen molar-refractivity contribution in [3.63, 3.8) is 0 Å². The molecule has 0 aliphatic heterocycles. The molecule has 0 aromatic carbocycles. The molecular weight excluding hydrogens is 169 g/mol. The van der Waals surface area contributed by atoms with Gasteiger partial charge in [0.05, 0.1) is 6.10 Å². The third-order valence-electron chi connectivity index (χ3n) is 2.07. The average Bonchev–Trinajstić information content (AvgIpc) is 1.93. The van der Waals surface area contributed by atoms with Crippen LogP contribution in [0.1, 0.15) is 6.92 Å². The van der Waals surface area contributed by atoms with Crippen LogP contribution in [-0.2, 0) is 0 Å². The van der Waals surface area contributed by atoms with Crippen molar-refractivity contribution in [3.05, 3.63) is 24.3 Å². The maximum Gasteiger partial charge on any atom is 0.400 e. The van der Waals surface area contributed by atoms with Gasteiger partial charge in [-0.1, -0.05) is 24.3 Å². The largest absolute Gasteiger partial charge is 0.400 e. The summed E-state index contributed by atoms with van der Waals surface area (Å²) in [5.74, 6) is 0. The van der Waals surface area contributed by atoms with Crippen molar-refractivity contribution in [2.45, 2.75) is 19.2 Å². The first kappa shape index (κ1) is 9.32. The van der Waals surface area contributed by atoms with Gasteiger partial charge < -0.3 is 5.11 Å². The van der Waals surface area contributed by atoms with Crippen molar-refractivity contribution in [1.82, 2.24) is 0 Å². The Morgan fingerprint density at radius 3 is 2.25 bits per heavy atom. The Hall–Kier alpha value is -0.770. The van der Waals surface area contributed by atoms with Gasteiger partial charge in [-0.05, 0) is 6.92 Å². The molecule has 0 heterocycles. The SMILES string of the molecule is CC1(C(F)(F)F)C=CC=CC1O. The van der Waals surface area contributed by atoms with Gasteiger partial charge in [0, 0.05) is 0 Å². The third-order valence-corrected chi connectivity index (χ3v) is 2.07. The number of allylic oxidation sites excluding steroid dienone is 2. The van der Waals surface area contributed by atoms with Crippen molar-refractivity contribution in [3.8, 4) is 0 Å². The molecule has 12 heavy (non-hydrogen) atoms. The minimum absolute atomic E-state index is 0.970. The van der Waals surface area contributed by atoms with Gasteiger partial charge in [-0.2, -0.15) is 13.2 Å². The lowest BCUT2D eigenvalue weighted by Gasteiger charge is -2.33. The number of aliphatic hydroxyl groups excluding tert-OH is 1. The van der Waals surface area contributed by atoms with E-state index >= 15 is 0 Å². The molecule has 2 unspecified atom stereocenters. The van der Waals surface area contributed by atoms with Crippen LogP contribution in [0.25, 0.3) is 0 Å². The van der Waals surface area contributed by atoms with Crippen molar-refractivity contribution < 1.29 is 18.3 Å². The molecule has 1 aliphatic carbocycles. The fraction of sp³-hybridized carbons (Fsp3) is 0.500. The molecule has 4 heteroatoms. The van der Waals surface area contributed by atoms with E-state index in [0.717, 1.165) is 19.1 Å². The molecule has 0 spiro atoms. The van der Waals surface area contributed by atoms with Crippen LogP contribution in [0.2, 0.25) is 0 Å². The highest BCUT2D eigenvalue weighted by Gasteiger charge is 2.53. The fourth-order valence-corrected chi connectivity index (χ4v) is 0.986. The monoisotopic (exact) mass is 178 g/mol. The number of alkyl halides is 3. The highest BCUT2D eigenvalue weighted by atomic mass is 19.4. The van der Waals surface area contributed by atoms with Gasteiger partial charge in [0.1, 0.15) is 5.41 Å². The van der Waals surface area contributed by atoms with Crippen molar-refractivity contribution in [1.29, 1.82) is 0 Å². The summed E-state index contributed by atoms with van der Waals surface area (Å²) < 4.78 is 37.0. The number of aliphatic hydroxyl groups is 1. The summed E-state index contributed by atoms with van der Waals surface area (Å²) in [5.41, 5.74) is -2.14. The smallest absolute Gasteiger partial charge is 0.388 e. The standard InChI is InChI=1S/C8H9F3O/c1-7(8(9,10)11)5-3-2-4-6(7)12/h2-6,12H,1H3. The van der Waals surface area contributed by atoms with E-state index < -0.39 is 17.7 Å². The van der Waals surface area contributed by atoms with Crippen LogP contribution in [0.5, 0.6) is 0 Å². The Balaban J connectivity index is 2.99. The first-order valence-corrected chi connectivity index (χ1v) is 3.49. The number of hydrogen-bond donors (Lipinski definition) is 1. The summed E-state index contributed by atoms with van der Waals surface area (Å²) in [6.45, 7) is 0.970. The van der Waals surface area contributed by atoms with Crippen LogP contribution in [0.15, 0.2) is 24.3 Å². The summed E-state index contributed by atoms with van der Waals surface area (Å²) in [5, 5.41) is 9.11. The topological polar surface area (TPSA) is 20.2 Å². The van der Waals surface area contributed by atoms with Crippen molar-refractivity contribution in [2.75, 3.05) is 0 Å². The van der Waals surface area contributed by atoms with Crippen molar-refractivity contribution in [2.24, 2.45) is 5.41 Å². The highest BCUT2D eigenvalue weighted by Crippen LogP contribution is 2.43. The lowest BCUT2D eigenvalue weighted by molar-refractivity contribution is -0.222. The molecule has 2 atom stereocenters. The van der Waals surface area contributed by atoms with Crippen LogP contribution < -0.4 is 0 Å². The van der Waals surface area contributed by atoms with Gasteiger partial charge in [-0.15, -0.1) is 0 Å². The Kier molecular flexibility index (Phi) is 2.04. The average molecular weight is 178 g/mol. The second kappa shape index (κ2) is 2.62. The van der Waals surface area contributed by atoms with Crippen LogP contribution >= 0.6 is 0 Å². The lowest BCUT2D eigenvalue weighted by Crippen LogP contribution is -2.43. The zero-order valence-electron chi connectivity index (χ0n) is 6.47. The molecule has 0 aromatic heterocycles. The van der Waals surface area contributed by atoms with Gasteiger partial charge in [0.2, 0.25) is 0 Å². The molecule has 0 saturated heterocycles. The van der Waals surface area contributed by atoms with Gasteiger partial charge in [-0.3, -0.25) is 0 Å². The lowest BCUT2D eigenvalue weighted by atomic mass is 9.80. The van der Waals surface area contributed by atoms with Gasteiger partial charge >= 0.3 is 6.18 Å². The minimum atomic E-state index is -4.41. The first-order valence-electron chi connectivity index (χ1n) is 3.49. The third kappa shape index (κ3) is 1.27. The number of rotatable bonds is 0. The molecule has 1 aliphatic rings. The van der Waals surface area contributed by atoms with E-state index in [4.69, 9.17) is 5.11 Å². The molecule has 0 amide bonds. The van der Waals surface area contributed by atoms with E-state index in [-0.39, 0.29) is 0 Å². The Bertz CT molecular complexity index is 229. The summed E-state index contributed by atoms with van der Waals surface area (Å²) in [6, 6.07) is 0. The molecule has 0 radical (unpaired) electrons. The van der Waals surface area contributed by atoms with Gasteiger partial charge in [0.15, 0.2) is 0 Å². The first-order chi connectivity index (χ1) is 5.38. The Morgan fingerprint density at radius 1 is 1.33 bits per heavy atom. The molecule has 0 saturated carbocycles. The molecule has 1 N–H and O–H groups in total. The number of hydrogen-bond acceptors (Lipinski definition) is 1. The normalized spacial score (nSPS) is 35.6. The second-order valence-corrected chi connectivity index (χ2v) is 2.97. The maximum atomic E-state index is 12.3. The van der Waals surface area contributed by atoms with E-state index in [2.05, 4.69) is 0 Å². The molecule has 0 bridgehead atoms. The molecule has 0 fully saturated rings. The molecule has 0 aromatic rings.